The number of ether oxygens (including phenoxy) is 3. The predicted molar refractivity (Wildman–Crippen MR) is 95.4 cm³/mol. The first-order chi connectivity index (χ1) is 12.0. The zero-order valence-electron chi connectivity index (χ0n) is 14.7. The van der Waals surface area contributed by atoms with Gasteiger partial charge < -0.3 is 19.5 Å². The van der Waals surface area contributed by atoms with Crippen LogP contribution in [0.5, 0.6) is 17.2 Å². The van der Waals surface area contributed by atoms with Gasteiger partial charge in [-0.3, -0.25) is 4.79 Å². The molecule has 0 spiro atoms. The number of carbonyl (C=O) groups is 1. The normalized spacial score (nSPS) is 16.8. The van der Waals surface area contributed by atoms with Crippen LogP contribution in [0.3, 0.4) is 0 Å². The van der Waals surface area contributed by atoms with Gasteiger partial charge >= 0.3 is 0 Å². The van der Waals surface area contributed by atoms with Gasteiger partial charge in [0.25, 0.3) is 5.91 Å². The summed E-state index contributed by atoms with van der Waals surface area (Å²) in [5.41, 5.74) is 2.18. The van der Waals surface area contributed by atoms with Crippen molar-refractivity contribution < 1.29 is 19.0 Å². The van der Waals surface area contributed by atoms with Gasteiger partial charge in [0.05, 0.1) is 6.54 Å². The number of hydrogen-bond donors (Lipinski definition) is 1. The third kappa shape index (κ3) is 4.24. The maximum absolute atomic E-state index is 12.3. The highest BCUT2D eigenvalue weighted by molar-refractivity contribution is 5.80. The molecule has 0 aliphatic carbocycles. The lowest BCUT2D eigenvalue weighted by atomic mass is 10.1. The van der Waals surface area contributed by atoms with Crippen molar-refractivity contribution in [3.05, 3.63) is 53.6 Å². The zero-order chi connectivity index (χ0) is 17.8. The van der Waals surface area contributed by atoms with E-state index in [0.29, 0.717) is 18.9 Å². The quantitative estimate of drug-likeness (QED) is 0.908. The van der Waals surface area contributed by atoms with E-state index in [0.717, 1.165) is 22.6 Å². The number of nitrogens with one attached hydrogen (secondary N) is 1. The molecule has 0 radical (unpaired) electrons. The van der Waals surface area contributed by atoms with Crippen LogP contribution in [0.15, 0.2) is 42.5 Å². The van der Waals surface area contributed by atoms with Crippen LogP contribution < -0.4 is 19.5 Å². The van der Waals surface area contributed by atoms with Crippen LogP contribution in [0.25, 0.3) is 0 Å². The van der Waals surface area contributed by atoms with Crippen molar-refractivity contribution in [2.75, 3.05) is 13.2 Å². The highest BCUT2D eigenvalue weighted by Gasteiger charge is 2.23. The SMILES string of the molecule is Cc1ccc(O[C@@H](C)C(=O)NC[C@@H]2COc3ccccc3O2)c(C)c1. The van der Waals surface area contributed by atoms with Crippen molar-refractivity contribution in [3.8, 4) is 17.2 Å². The largest absolute Gasteiger partial charge is 0.486 e. The second-order valence-electron chi connectivity index (χ2n) is 6.27. The average molecular weight is 341 g/mol. The van der Waals surface area contributed by atoms with Crippen LogP contribution in [0.1, 0.15) is 18.1 Å². The lowest BCUT2D eigenvalue weighted by Crippen LogP contribution is -2.44. The lowest BCUT2D eigenvalue weighted by Gasteiger charge is -2.27. The van der Waals surface area contributed by atoms with E-state index in [9.17, 15) is 4.79 Å². The second-order valence-corrected chi connectivity index (χ2v) is 6.27. The molecule has 1 heterocycles. The topological polar surface area (TPSA) is 56.8 Å². The number of carbonyl (C=O) groups excluding carboxylic acids is 1. The predicted octanol–water partition coefficient (Wildman–Crippen LogP) is 3.03. The monoisotopic (exact) mass is 341 g/mol. The van der Waals surface area contributed by atoms with Crippen LogP contribution in [-0.2, 0) is 4.79 Å². The fraction of sp³-hybridized carbons (Fsp3) is 0.350. The minimum absolute atomic E-state index is 0.178. The van der Waals surface area contributed by atoms with Crippen LogP contribution in [-0.4, -0.2) is 31.3 Å². The Hall–Kier alpha value is -2.69. The molecule has 0 aromatic heterocycles. The molecule has 0 saturated carbocycles. The van der Waals surface area contributed by atoms with Crippen LogP contribution in [0.2, 0.25) is 0 Å². The molecule has 5 nitrogen and oxygen atoms in total. The number of para-hydroxylation sites is 2. The zero-order valence-corrected chi connectivity index (χ0v) is 14.7. The summed E-state index contributed by atoms with van der Waals surface area (Å²) in [5, 5.41) is 2.87. The Morgan fingerprint density at radius 2 is 2.00 bits per heavy atom. The number of amides is 1. The molecule has 132 valence electrons. The maximum Gasteiger partial charge on any atom is 0.260 e. The molecule has 1 aliphatic heterocycles. The minimum Gasteiger partial charge on any atom is -0.486 e. The third-order valence-corrected chi connectivity index (χ3v) is 4.07. The van der Waals surface area contributed by atoms with Crippen molar-refractivity contribution in [1.82, 2.24) is 5.32 Å². The highest BCUT2D eigenvalue weighted by atomic mass is 16.6. The van der Waals surface area contributed by atoms with Crippen molar-refractivity contribution in [1.29, 1.82) is 0 Å². The number of hydrogen-bond acceptors (Lipinski definition) is 4. The molecule has 1 aliphatic rings. The highest BCUT2D eigenvalue weighted by Crippen LogP contribution is 2.30. The molecule has 25 heavy (non-hydrogen) atoms. The van der Waals surface area contributed by atoms with Crippen molar-refractivity contribution in [2.24, 2.45) is 0 Å². The first kappa shape index (κ1) is 17.1. The van der Waals surface area contributed by atoms with E-state index < -0.39 is 6.10 Å². The Morgan fingerprint density at radius 1 is 1.24 bits per heavy atom. The Balaban J connectivity index is 1.51. The Labute approximate surface area is 147 Å². The Morgan fingerprint density at radius 3 is 2.76 bits per heavy atom. The first-order valence-electron chi connectivity index (χ1n) is 8.43. The third-order valence-electron chi connectivity index (χ3n) is 4.07. The van der Waals surface area contributed by atoms with Gasteiger partial charge in [-0.15, -0.1) is 0 Å². The molecule has 1 N–H and O–H groups in total. The summed E-state index contributed by atoms with van der Waals surface area (Å²) in [4.78, 5) is 12.3. The standard InChI is InChI=1S/C20H23NO4/c1-13-8-9-17(14(2)10-13)24-15(3)20(22)21-11-16-12-23-18-6-4-5-7-19(18)25-16/h4-10,15-16H,11-12H2,1-3H3,(H,21,22)/t15-,16+/m0/s1. The fourth-order valence-corrected chi connectivity index (χ4v) is 2.70. The molecule has 3 rings (SSSR count). The lowest BCUT2D eigenvalue weighted by molar-refractivity contribution is -0.127. The van der Waals surface area contributed by atoms with Crippen molar-refractivity contribution in [3.63, 3.8) is 0 Å². The summed E-state index contributed by atoms with van der Waals surface area (Å²) >= 11 is 0. The van der Waals surface area contributed by atoms with Gasteiger partial charge in [-0.2, -0.15) is 0 Å². The van der Waals surface area contributed by atoms with E-state index in [2.05, 4.69) is 5.32 Å². The summed E-state index contributed by atoms with van der Waals surface area (Å²) in [6.07, 6.45) is -0.801. The minimum atomic E-state index is -0.585. The van der Waals surface area contributed by atoms with Crippen LogP contribution in [0, 0.1) is 13.8 Å². The number of rotatable bonds is 5. The Bertz CT molecular complexity index is 759. The maximum atomic E-state index is 12.3. The molecular weight excluding hydrogens is 318 g/mol. The van der Waals surface area contributed by atoms with Crippen LogP contribution in [0.4, 0.5) is 0 Å². The van der Waals surface area contributed by atoms with Gasteiger partial charge in [0.15, 0.2) is 17.6 Å². The molecule has 0 bridgehead atoms. The van der Waals surface area contributed by atoms with Gasteiger partial charge in [-0.1, -0.05) is 29.8 Å². The van der Waals surface area contributed by atoms with Crippen molar-refractivity contribution in [2.45, 2.75) is 33.0 Å². The van der Waals surface area contributed by atoms with Gasteiger partial charge in [0.2, 0.25) is 0 Å². The second kappa shape index (κ2) is 7.47. The van der Waals surface area contributed by atoms with Gasteiger partial charge in [0, 0.05) is 0 Å². The smallest absolute Gasteiger partial charge is 0.260 e. The van der Waals surface area contributed by atoms with E-state index >= 15 is 0 Å². The van der Waals surface area contributed by atoms with Crippen molar-refractivity contribution >= 4 is 5.91 Å². The molecule has 5 heteroatoms. The Kier molecular flexibility index (Phi) is 5.12. The number of aryl methyl sites for hydroxylation is 2. The van der Waals surface area contributed by atoms with Gasteiger partial charge in [0.1, 0.15) is 18.5 Å². The van der Waals surface area contributed by atoms with E-state index in [4.69, 9.17) is 14.2 Å². The average Bonchev–Trinajstić information content (AvgIpc) is 2.61. The van der Waals surface area contributed by atoms with E-state index in [1.54, 1.807) is 6.92 Å². The molecule has 2 aromatic rings. The van der Waals surface area contributed by atoms with Crippen LogP contribution >= 0.6 is 0 Å². The molecule has 2 atom stereocenters. The van der Waals surface area contributed by atoms with Gasteiger partial charge in [-0.05, 0) is 44.5 Å². The molecule has 0 unspecified atom stereocenters. The van der Waals surface area contributed by atoms with E-state index in [1.165, 1.54) is 0 Å². The first-order valence-corrected chi connectivity index (χ1v) is 8.43. The number of benzene rings is 2. The molecule has 1 amide bonds. The van der Waals surface area contributed by atoms with Gasteiger partial charge in [-0.25, -0.2) is 0 Å². The summed E-state index contributed by atoms with van der Waals surface area (Å²) in [7, 11) is 0. The molecular formula is C20H23NO4. The molecule has 2 aromatic carbocycles. The van der Waals surface area contributed by atoms with E-state index in [-0.39, 0.29) is 12.0 Å². The fourth-order valence-electron chi connectivity index (χ4n) is 2.70. The molecule has 0 saturated heterocycles. The summed E-state index contributed by atoms with van der Waals surface area (Å²) in [5.74, 6) is 1.98. The number of fused-ring (bicyclic) bond motifs is 1. The molecule has 0 fully saturated rings. The summed E-state index contributed by atoms with van der Waals surface area (Å²) in [6, 6.07) is 13.4. The summed E-state index contributed by atoms with van der Waals surface area (Å²) < 4.78 is 17.2. The summed E-state index contributed by atoms with van der Waals surface area (Å²) in [6.45, 7) is 6.51. The van der Waals surface area contributed by atoms with E-state index in [1.807, 2.05) is 56.3 Å².